The maximum absolute atomic E-state index is 12.5. The molecule has 4 nitrogen and oxygen atoms in total. The van der Waals surface area contributed by atoms with Gasteiger partial charge in [0.25, 0.3) is 0 Å². The highest BCUT2D eigenvalue weighted by molar-refractivity contribution is 5.85. The molecule has 3 aliphatic rings. The quantitative estimate of drug-likeness (QED) is 0.804. The fraction of sp³-hybridized carbons (Fsp3) is 0.941. The highest BCUT2D eigenvalue weighted by atomic mass is 35.5. The smallest absolute Gasteiger partial charge is 0.224 e. The zero-order valence-electron chi connectivity index (χ0n) is 14.4. The highest BCUT2D eigenvalue weighted by Crippen LogP contribution is 2.47. The number of amides is 1. The number of fused-ring (bicyclic) bond motifs is 2. The molecule has 0 radical (unpaired) electrons. The normalized spacial score (nSPS) is 36.4. The topological polar surface area (TPSA) is 58.4 Å². The van der Waals surface area contributed by atoms with Crippen molar-refractivity contribution in [1.82, 2.24) is 10.2 Å². The second kappa shape index (κ2) is 8.89. The van der Waals surface area contributed by atoms with Gasteiger partial charge in [0, 0.05) is 25.2 Å². The SMILES string of the molecule is CC(C)N1CCCC(CNC(=O)C2C3CCC(C3)C2N)C1.Cl.Cl. The number of likely N-dealkylation sites (tertiary alicyclic amines) is 1. The van der Waals surface area contributed by atoms with Gasteiger partial charge in [0.05, 0.1) is 5.92 Å². The number of piperidine rings is 1. The fourth-order valence-electron chi connectivity index (χ4n) is 4.82. The van der Waals surface area contributed by atoms with E-state index in [-0.39, 0.29) is 42.7 Å². The first-order chi connectivity index (χ1) is 10.1. The van der Waals surface area contributed by atoms with Gasteiger partial charge in [-0.3, -0.25) is 4.79 Å². The van der Waals surface area contributed by atoms with Crippen LogP contribution in [-0.4, -0.2) is 42.5 Å². The number of hydrogen-bond donors (Lipinski definition) is 2. The summed E-state index contributed by atoms with van der Waals surface area (Å²) in [6, 6.07) is 0.727. The van der Waals surface area contributed by atoms with Crippen LogP contribution >= 0.6 is 24.8 Å². The van der Waals surface area contributed by atoms with Crippen LogP contribution in [0, 0.1) is 23.7 Å². The number of hydrogen-bond acceptors (Lipinski definition) is 3. The van der Waals surface area contributed by atoms with Gasteiger partial charge in [-0.15, -0.1) is 24.8 Å². The van der Waals surface area contributed by atoms with E-state index in [9.17, 15) is 4.79 Å². The van der Waals surface area contributed by atoms with Crippen molar-refractivity contribution in [2.45, 2.75) is 58.0 Å². The van der Waals surface area contributed by atoms with E-state index in [4.69, 9.17) is 5.73 Å². The summed E-state index contributed by atoms with van der Waals surface area (Å²) in [7, 11) is 0. The van der Waals surface area contributed by atoms with E-state index in [0.29, 0.717) is 23.8 Å². The molecule has 1 amide bonds. The van der Waals surface area contributed by atoms with E-state index in [2.05, 4.69) is 24.1 Å². The van der Waals surface area contributed by atoms with Gasteiger partial charge >= 0.3 is 0 Å². The van der Waals surface area contributed by atoms with Crippen LogP contribution in [0.2, 0.25) is 0 Å². The van der Waals surface area contributed by atoms with Crippen LogP contribution in [0.5, 0.6) is 0 Å². The average molecular weight is 366 g/mol. The third-order valence-electron chi connectivity index (χ3n) is 6.13. The first kappa shape index (κ1) is 21.0. The predicted octanol–water partition coefficient (Wildman–Crippen LogP) is 2.44. The highest BCUT2D eigenvalue weighted by Gasteiger charge is 2.49. The van der Waals surface area contributed by atoms with Crippen molar-refractivity contribution in [3.05, 3.63) is 0 Å². The van der Waals surface area contributed by atoms with E-state index in [0.717, 1.165) is 13.1 Å². The lowest BCUT2D eigenvalue weighted by molar-refractivity contribution is -0.127. The fourth-order valence-corrected chi connectivity index (χ4v) is 4.82. The Morgan fingerprint density at radius 3 is 2.52 bits per heavy atom. The summed E-state index contributed by atoms with van der Waals surface area (Å²) in [6.07, 6.45) is 6.13. The van der Waals surface area contributed by atoms with Crippen molar-refractivity contribution < 1.29 is 4.79 Å². The van der Waals surface area contributed by atoms with Crippen LogP contribution in [0.3, 0.4) is 0 Å². The average Bonchev–Trinajstić information content (AvgIpc) is 3.06. The largest absolute Gasteiger partial charge is 0.355 e. The van der Waals surface area contributed by atoms with Gasteiger partial charge in [0.1, 0.15) is 0 Å². The Hall–Kier alpha value is -0.0300. The summed E-state index contributed by atoms with van der Waals surface area (Å²) in [5.41, 5.74) is 6.27. The number of nitrogens with one attached hydrogen (secondary N) is 1. The maximum Gasteiger partial charge on any atom is 0.224 e. The van der Waals surface area contributed by atoms with E-state index < -0.39 is 0 Å². The Bertz CT molecular complexity index is 392. The molecule has 0 aromatic carbocycles. The minimum atomic E-state index is 0. The van der Waals surface area contributed by atoms with Gasteiger partial charge in [0.15, 0.2) is 0 Å². The lowest BCUT2D eigenvalue weighted by atomic mass is 9.84. The number of carbonyl (C=O) groups is 1. The minimum absolute atomic E-state index is 0. The van der Waals surface area contributed by atoms with Crippen molar-refractivity contribution in [3.8, 4) is 0 Å². The Kier molecular flexibility index (Phi) is 8.12. The van der Waals surface area contributed by atoms with E-state index in [1.54, 1.807) is 0 Å². The molecule has 23 heavy (non-hydrogen) atoms. The Morgan fingerprint density at radius 1 is 1.22 bits per heavy atom. The lowest BCUT2D eigenvalue weighted by Gasteiger charge is -2.36. The summed E-state index contributed by atoms with van der Waals surface area (Å²) < 4.78 is 0. The van der Waals surface area contributed by atoms with Gasteiger partial charge in [-0.1, -0.05) is 0 Å². The number of halogens is 2. The Balaban J connectivity index is 0.00000132. The second-order valence-corrected chi connectivity index (χ2v) is 7.78. The molecular weight excluding hydrogens is 333 g/mol. The predicted molar refractivity (Wildman–Crippen MR) is 99.2 cm³/mol. The molecule has 0 aromatic rings. The summed E-state index contributed by atoms with van der Waals surface area (Å²) in [6.45, 7) is 7.69. The van der Waals surface area contributed by atoms with E-state index in [1.165, 1.54) is 38.6 Å². The molecule has 1 heterocycles. The van der Waals surface area contributed by atoms with Crippen molar-refractivity contribution in [1.29, 1.82) is 0 Å². The molecular formula is C17H33Cl2N3O. The monoisotopic (exact) mass is 365 g/mol. The zero-order chi connectivity index (χ0) is 15.0. The second-order valence-electron chi connectivity index (χ2n) is 7.78. The van der Waals surface area contributed by atoms with Gasteiger partial charge in [0.2, 0.25) is 5.91 Å². The van der Waals surface area contributed by atoms with Crippen LogP contribution in [-0.2, 0) is 4.79 Å². The number of nitrogens with zero attached hydrogens (tertiary/aromatic N) is 1. The molecule has 6 heteroatoms. The summed E-state index contributed by atoms with van der Waals surface area (Å²) in [4.78, 5) is 15.0. The van der Waals surface area contributed by atoms with Crippen LogP contribution in [0.15, 0.2) is 0 Å². The third-order valence-corrected chi connectivity index (χ3v) is 6.13. The first-order valence-corrected chi connectivity index (χ1v) is 8.83. The van der Waals surface area contributed by atoms with Crippen LogP contribution in [0.1, 0.15) is 46.0 Å². The number of carbonyl (C=O) groups excluding carboxylic acids is 1. The maximum atomic E-state index is 12.5. The molecule has 3 rings (SSSR count). The van der Waals surface area contributed by atoms with Crippen LogP contribution < -0.4 is 11.1 Å². The summed E-state index contributed by atoms with van der Waals surface area (Å²) in [5, 5.41) is 3.22. The molecule has 2 bridgehead atoms. The van der Waals surface area contributed by atoms with Gasteiger partial charge in [-0.2, -0.15) is 0 Å². The standard InChI is InChI=1S/C17H31N3O.2ClH/c1-11(2)20-7-3-4-12(10-20)9-19-17(21)15-13-5-6-14(8-13)16(15)18;;/h11-16H,3-10,18H2,1-2H3,(H,19,21);2*1H. The molecule has 5 atom stereocenters. The molecule has 0 spiro atoms. The molecule has 2 aliphatic carbocycles. The third kappa shape index (κ3) is 4.53. The number of rotatable bonds is 4. The number of nitrogens with two attached hydrogens (primary N) is 1. The van der Waals surface area contributed by atoms with E-state index >= 15 is 0 Å². The van der Waals surface area contributed by atoms with Crippen molar-refractivity contribution >= 4 is 30.7 Å². The molecule has 1 saturated heterocycles. The van der Waals surface area contributed by atoms with Gasteiger partial charge < -0.3 is 16.0 Å². The van der Waals surface area contributed by atoms with Crippen molar-refractivity contribution in [3.63, 3.8) is 0 Å². The summed E-state index contributed by atoms with van der Waals surface area (Å²) >= 11 is 0. The first-order valence-electron chi connectivity index (χ1n) is 8.83. The molecule has 5 unspecified atom stereocenters. The lowest BCUT2D eigenvalue weighted by Crippen LogP contribution is -2.48. The molecule has 3 N–H and O–H groups in total. The Morgan fingerprint density at radius 2 is 1.91 bits per heavy atom. The summed E-state index contributed by atoms with van der Waals surface area (Å²) in [5.74, 6) is 2.10. The molecule has 0 aromatic heterocycles. The van der Waals surface area contributed by atoms with Crippen molar-refractivity contribution in [2.75, 3.05) is 19.6 Å². The van der Waals surface area contributed by atoms with Gasteiger partial charge in [-0.05, 0) is 70.3 Å². The van der Waals surface area contributed by atoms with E-state index in [1.807, 2.05) is 0 Å². The van der Waals surface area contributed by atoms with Crippen molar-refractivity contribution in [2.24, 2.45) is 29.4 Å². The molecule has 1 aliphatic heterocycles. The molecule has 136 valence electrons. The zero-order valence-corrected chi connectivity index (χ0v) is 16.0. The molecule has 3 fully saturated rings. The van der Waals surface area contributed by atoms with Gasteiger partial charge in [-0.25, -0.2) is 0 Å². The Labute approximate surface area is 153 Å². The minimum Gasteiger partial charge on any atom is -0.355 e. The van der Waals surface area contributed by atoms with Crippen LogP contribution in [0.25, 0.3) is 0 Å². The molecule has 2 saturated carbocycles. The van der Waals surface area contributed by atoms with Crippen LogP contribution in [0.4, 0.5) is 0 Å².